The molecular weight excluding hydrogens is 464 g/mol. The number of nitrogens with zero attached hydrogens (tertiary/aromatic N) is 2. The van der Waals surface area contributed by atoms with Gasteiger partial charge in [0.05, 0.1) is 12.1 Å². The molecule has 0 saturated carbocycles. The molecule has 1 N–H and O–H groups in total. The Morgan fingerprint density at radius 1 is 0.946 bits per heavy atom. The third-order valence-corrected chi connectivity index (χ3v) is 7.74. The number of carboxylic acid groups (broad SMARTS) is 1. The van der Waals surface area contributed by atoms with E-state index in [4.69, 9.17) is 4.74 Å². The number of carbonyl (C=O) groups is 2. The number of piperidine rings is 1. The van der Waals surface area contributed by atoms with Crippen LogP contribution in [0.2, 0.25) is 0 Å². The Labute approximate surface area is 221 Å². The van der Waals surface area contributed by atoms with Crippen molar-refractivity contribution in [2.75, 3.05) is 26.2 Å². The largest absolute Gasteiger partial charge is 0.479 e. The lowest BCUT2D eigenvalue weighted by Crippen LogP contribution is -2.44. The summed E-state index contributed by atoms with van der Waals surface area (Å²) in [5, 5.41) is 10.3. The van der Waals surface area contributed by atoms with Crippen molar-refractivity contribution in [2.24, 2.45) is 0 Å². The standard InChI is InChI=1S/C31H42N2O4/c1-20-10-12-23(13-11-20)27-22(3)25-18-32(19-26(34)33-15-8-7-9-16-33)17-14-24(25)21(2)28(27)29(30(35)36)37-31(4,5)6/h10-13,29H,7-9,14-19H2,1-6H3,(H,35,36). The summed E-state index contributed by atoms with van der Waals surface area (Å²) in [4.78, 5) is 29.9. The number of fused-ring (bicyclic) bond motifs is 1. The van der Waals surface area contributed by atoms with Crippen molar-refractivity contribution >= 4 is 11.9 Å². The van der Waals surface area contributed by atoms with Gasteiger partial charge in [0.1, 0.15) is 0 Å². The van der Waals surface area contributed by atoms with E-state index in [2.05, 4.69) is 43.0 Å². The minimum absolute atomic E-state index is 0.220. The van der Waals surface area contributed by atoms with Crippen LogP contribution in [-0.4, -0.2) is 58.6 Å². The van der Waals surface area contributed by atoms with Crippen molar-refractivity contribution in [3.63, 3.8) is 0 Å². The molecule has 2 aliphatic rings. The van der Waals surface area contributed by atoms with Crippen molar-refractivity contribution in [1.82, 2.24) is 9.80 Å². The Kier molecular flexibility index (Phi) is 8.10. The summed E-state index contributed by atoms with van der Waals surface area (Å²) < 4.78 is 6.18. The highest BCUT2D eigenvalue weighted by Gasteiger charge is 2.35. The van der Waals surface area contributed by atoms with Crippen molar-refractivity contribution in [3.8, 4) is 11.1 Å². The molecule has 0 bridgehead atoms. The van der Waals surface area contributed by atoms with E-state index in [1.807, 2.05) is 32.6 Å². The van der Waals surface area contributed by atoms with Gasteiger partial charge >= 0.3 is 5.97 Å². The van der Waals surface area contributed by atoms with Gasteiger partial charge in [0.2, 0.25) is 5.91 Å². The number of hydrogen-bond donors (Lipinski definition) is 1. The maximum atomic E-state index is 13.0. The monoisotopic (exact) mass is 506 g/mol. The van der Waals surface area contributed by atoms with E-state index in [1.165, 1.54) is 17.5 Å². The van der Waals surface area contributed by atoms with Crippen LogP contribution < -0.4 is 0 Å². The van der Waals surface area contributed by atoms with E-state index in [1.54, 1.807) is 0 Å². The number of amides is 1. The SMILES string of the molecule is Cc1ccc(-c2c(C)c3c(c(C)c2C(OC(C)(C)C)C(=O)O)CCN(CC(=O)N2CCCCC2)C3)cc1. The van der Waals surface area contributed by atoms with Crippen LogP contribution in [0.3, 0.4) is 0 Å². The number of hydrogen-bond acceptors (Lipinski definition) is 4. The van der Waals surface area contributed by atoms with Crippen molar-refractivity contribution in [3.05, 3.63) is 57.6 Å². The number of rotatable bonds is 6. The predicted octanol–water partition coefficient (Wildman–Crippen LogP) is 5.59. The van der Waals surface area contributed by atoms with Gasteiger partial charge in [0.15, 0.2) is 6.10 Å². The first-order valence-corrected chi connectivity index (χ1v) is 13.6. The van der Waals surface area contributed by atoms with Crippen molar-refractivity contribution < 1.29 is 19.4 Å². The van der Waals surface area contributed by atoms with Crippen LogP contribution >= 0.6 is 0 Å². The van der Waals surface area contributed by atoms with Crippen LogP contribution in [0.15, 0.2) is 24.3 Å². The molecule has 0 aromatic heterocycles. The lowest BCUT2D eigenvalue weighted by Gasteiger charge is -2.36. The van der Waals surface area contributed by atoms with Gasteiger partial charge in [-0.25, -0.2) is 4.79 Å². The second-order valence-corrected chi connectivity index (χ2v) is 11.7. The van der Waals surface area contributed by atoms with Crippen LogP contribution in [0, 0.1) is 20.8 Å². The topological polar surface area (TPSA) is 70.1 Å². The Bertz CT molecular complexity index is 1160. The summed E-state index contributed by atoms with van der Waals surface area (Å²) >= 11 is 0. The highest BCUT2D eigenvalue weighted by molar-refractivity contribution is 5.84. The number of carboxylic acids is 1. The number of benzene rings is 2. The molecule has 2 aromatic rings. The lowest BCUT2D eigenvalue weighted by molar-refractivity contribution is -0.160. The van der Waals surface area contributed by atoms with Crippen LogP contribution in [0.4, 0.5) is 0 Å². The molecule has 0 radical (unpaired) electrons. The summed E-state index contributed by atoms with van der Waals surface area (Å²) in [6.07, 6.45) is 3.12. The van der Waals surface area contributed by atoms with Crippen LogP contribution in [-0.2, 0) is 27.3 Å². The third kappa shape index (κ3) is 6.07. The maximum absolute atomic E-state index is 13.0. The van der Waals surface area contributed by atoms with Gasteiger partial charge in [0.25, 0.3) is 0 Å². The zero-order valence-corrected chi connectivity index (χ0v) is 23.3. The number of aryl methyl sites for hydroxylation is 1. The molecule has 2 heterocycles. The molecule has 0 aliphatic carbocycles. The molecule has 2 aromatic carbocycles. The fraction of sp³-hybridized carbons (Fsp3) is 0.548. The highest BCUT2D eigenvalue weighted by Crippen LogP contribution is 2.42. The van der Waals surface area contributed by atoms with Crippen LogP contribution in [0.1, 0.15) is 79.5 Å². The molecule has 1 fully saturated rings. The first-order chi connectivity index (χ1) is 17.5. The second kappa shape index (κ2) is 11.0. The first kappa shape index (κ1) is 27.3. The van der Waals surface area contributed by atoms with Gasteiger partial charge in [-0.2, -0.15) is 0 Å². The summed E-state index contributed by atoms with van der Waals surface area (Å²) in [6, 6.07) is 8.28. The zero-order chi connectivity index (χ0) is 26.9. The molecule has 37 heavy (non-hydrogen) atoms. The Hall–Kier alpha value is -2.70. The summed E-state index contributed by atoms with van der Waals surface area (Å²) in [5.74, 6) is -0.757. The fourth-order valence-electron chi connectivity index (χ4n) is 5.86. The molecule has 6 nitrogen and oxygen atoms in total. The van der Waals surface area contributed by atoms with E-state index in [-0.39, 0.29) is 5.91 Å². The van der Waals surface area contributed by atoms with Crippen LogP contribution in [0.5, 0.6) is 0 Å². The molecule has 1 unspecified atom stereocenters. The minimum atomic E-state index is -1.07. The van der Waals surface area contributed by atoms with Gasteiger partial charge in [-0.1, -0.05) is 29.8 Å². The highest BCUT2D eigenvalue weighted by atomic mass is 16.5. The third-order valence-electron chi connectivity index (χ3n) is 7.74. The summed E-state index contributed by atoms with van der Waals surface area (Å²) in [6.45, 7) is 15.5. The molecule has 1 saturated heterocycles. The minimum Gasteiger partial charge on any atom is -0.479 e. The lowest BCUT2D eigenvalue weighted by atomic mass is 9.80. The quantitative estimate of drug-likeness (QED) is 0.553. The number of ether oxygens (including phenoxy) is 1. The molecule has 4 rings (SSSR count). The molecule has 1 amide bonds. The number of likely N-dealkylation sites (tertiary alicyclic amines) is 1. The first-order valence-electron chi connectivity index (χ1n) is 13.6. The average Bonchev–Trinajstić information content (AvgIpc) is 2.85. The van der Waals surface area contributed by atoms with Gasteiger partial charge < -0.3 is 14.7 Å². The van der Waals surface area contributed by atoms with E-state index in [9.17, 15) is 14.7 Å². The second-order valence-electron chi connectivity index (χ2n) is 11.7. The Morgan fingerprint density at radius 3 is 2.19 bits per heavy atom. The van der Waals surface area contributed by atoms with Gasteiger partial charge in [-0.3, -0.25) is 9.69 Å². The fourth-order valence-corrected chi connectivity index (χ4v) is 5.86. The molecule has 200 valence electrons. The van der Waals surface area contributed by atoms with Crippen LogP contribution in [0.25, 0.3) is 11.1 Å². The maximum Gasteiger partial charge on any atom is 0.337 e. The Morgan fingerprint density at radius 2 is 1.59 bits per heavy atom. The Balaban J connectivity index is 1.78. The molecule has 6 heteroatoms. The van der Waals surface area contributed by atoms with Gasteiger partial charge in [-0.15, -0.1) is 0 Å². The van der Waals surface area contributed by atoms with Gasteiger partial charge in [0, 0.05) is 31.7 Å². The van der Waals surface area contributed by atoms with Crippen molar-refractivity contribution in [2.45, 2.75) is 85.5 Å². The van der Waals surface area contributed by atoms with E-state index in [0.717, 1.165) is 72.3 Å². The predicted molar refractivity (Wildman–Crippen MR) is 147 cm³/mol. The molecule has 2 aliphatic heterocycles. The van der Waals surface area contributed by atoms with E-state index >= 15 is 0 Å². The number of aliphatic carboxylic acids is 1. The van der Waals surface area contributed by atoms with Gasteiger partial charge in [-0.05, 0) is 101 Å². The average molecular weight is 507 g/mol. The van der Waals surface area contributed by atoms with E-state index < -0.39 is 17.7 Å². The molecular formula is C31H42N2O4. The van der Waals surface area contributed by atoms with E-state index in [0.29, 0.717) is 13.1 Å². The zero-order valence-electron chi connectivity index (χ0n) is 23.3. The smallest absolute Gasteiger partial charge is 0.337 e. The summed E-state index contributed by atoms with van der Waals surface area (Å²) in [5.41, 5.74) is 7.72. The molecule has 1 atom stereocenters. The van der Waals surface area contributed by atoms with Crippen molar-refractivity contribution in [1.29, 1.82) is 0 Å². The number of carbonyl (C=O) groups excluding carboxylic acids is 1. The molecule has 0 spiro atoms. The normalized spacial score (nSPS) is 17.4. The summed E-state index contributed by atoms with van der Waals surface area (Å²) in [7, 11) is 0.